The number of carbonyl (C=O) groups excluding carboxylic acids is 3. The van der Waals surface area contributed by atoms with Gasteiger partial charge in [-0.25, -0.2) is 14.6 Å². The number of terminal acetylenes is 1. The molecule has 3 heterocycles. The second kappa shape index (κ2) is 27.5. The number of aromatic nitrogens is 2. The van der Waals surface area contributed by atoms with Crippen LogP contribution in [0.5, 0.6) is 11.5 Å². The van der Waals surface area contributed by atoms with Crippen molar-refractivity contribution in [3.05, 3.63) is 137 Å². The van der Waals surface area contributed by atoms with Crippen molar-refractivity contribution in [2.45, 2.75) is 146 Å². The summed E-state index contributed by atoms with van der Waals surface area (Å²) in [5, 5.41) is 2.84. The van der Waals surface area contributed by atoms with Crippen LogP contribution in [0.25, 0.3) is 0 Å². The number of benzene rings is 4. The van der Waals surface area contributed by atoms with E-state index in [1.807, 2.05) is 66.7 Å². The van der Waals surface area contributed by atoms with E-state index in [1.54, 1.807) is 60.5 Å². The molecule has 77 heavy (non-hydrogen) atoms. The van der Waals surface area contributed by atoms with E-state index in [-0.39, 0.29) is 64.8 Å². The maximum absolute atomic E-state index is 13.6. The van der Waals surface area contributed by atoms with E-state index >= 15 is 0 Å². The molecule has 0 saturated carbocycles. The highest BCUT2D eigenvalue weighted by Gasteiger charge is 2.46. The molecule has 17 heteroatoms. The fourth-order valence-corrected chi connectivity index (χ4v) is 13.6. The number of methoxy groups -OCH3 is 2. The first-order valence-electron chi connectivity index (χ1n) is 26.4. The molecule has 410 valence electrons. The van der Waals surface area contributed by atoms with Gasteiger partial charge in [-0.05, 0) is 107 Å². The van der Waals surface area contributed by atoms with Gasteiger partial charge in [0.05, 0.1) is 46.3 Å². The summed E-state index contributed by atoms with van der Waals surface area (Å²) in [6.07, 6.45) is 8.00. The first kappa shape index (κ1) is 59.3. The Kier molecular flexibility index (Phi) is 21.2. The Morgan fingerprint density at radius 2 is 1.51 bits per heavy atom. The molecule has 2 aliphatic heterocycles. The quantitative estimate of drug-likeness (QED) is 0.0230. The molecule has 5 aromatic rings. The number of amides is 1. The van der Waals surface area contributed by atoms with E-state index in [2.05, 4.69) is 98.8 Å². The highest BCUT2D eigenvalue weighted by Crippen LogP contribution is 2.52. The number of hydrogen-bond acceptors (Lipinski definition) is 14. The third kappa shape index (κ3) is 15.1. The predicted octanol–water partition coefficient (Wildman–Crippen LogP) is 12.9. The van der Waals surface area contributed by atoms with Crippen molar-refractivity contribution < 1.29 is 42.4 Å². The Morgan fingerprint density at radius 1 is 0.883 bits per heavy atom. The maximum atomic E-state index is 13.6. The van der Waals surface area contributed by atoms with Gasteiger partial charge in [0.2, 0.25) is 5.91 Å². The van der Waals surface area contributed by atoms with Crippen LogP contribution in [0.3, 0.4) is 0 Å². The van der Waals surface area contributed by atoms with Crippen molar-refractivity contribution in [2.24, 2.45) is 10.9 Å². The first-order valence-corrected chi connectivity index (χ1v) is 29.6. The molecule has 0 spiro atoms. The van der Waals surface area contributed by atoms with E-state index in [4.69, 9.17) is 39.4 Å². The molecule has 2 aliphatic rings. The summed E-state index contributed by atoms with van der Waals surface area (Å²) in [6, 6.07) is 34.3. The van der Waals surface area contributed by atoms with Gasteiger partial charge >= 0.3 is 0 Å². The zero-order valence-corrected chi connectivity index (χ0v) is 48.6. The summed E-state index contributed by atoms with van der Waals surface area (Å²) in [7, 11) is 5.05. The SMILES string of the molecule is C#CCCC(=O)CCC(C)(C)SSc1ccccc1CCOP(OC1CC(n2cnc3c2N=C(NC(=O)C(C)C)CC3=O)OC1COC(c1ccccc1)(c1ccc(OC)cc1)c1ccc(OC)cc1)N(C(C)C)C(C)C. The lowest BCUT2D eigenvalue weighted by molar-refractivity contribution is -0.122. The number of fused-ring (bicyclic) bond motifs is 1. The summed E-state index contributed by atoms with van der Waals surface area (Å²) >= 11 is 0. The van der Waals surface area contributed by atoms with Gasteiger partial charge in [0.15, 0.2) is 17.3 Å². The van der Waals surface area contributed by atoms with Crippen LogP contribution in [0, 0.1) is 18.3 Å². The lowest BCUT2D eigenvalue weighted by Crippen LogP contribution is -2.39. The molecule has 0 bridgehead atoms. The molecule has 1 amide bonds. The topological polar surface area (TPSA) is 152 Å². The lowest BCUT2D eigenvalue weighted by atomic mass is 9.80. The molecular formula is C60H74N5O9PS2. The number of rotatable bonds is 27. The fourth-order valence-electron chi connectivity index (χ4n) is 9.29. The van der Waals surface area contributed by atoms with Crippen LogP contribution in [-0.4, -0.2) is 94.0 Å². The van der Waals surface area contributed by atoms with Crippen LogP contribution in [0.2, 0.25) is 0 Å². The number of nitrogens with one attached hydrogen (secondary N) is 1. The third-order valence-electron chi connectivity index (χ3n) is 13.4. The van der Waals surface area contributed by atoms with Gasteiger partial charge < -0.3 is 33.3 Å². The van der Waals surface area contributed by atoms with Crippen LogP contribution in [-0.2, 0) is 40.1 Å². The van der Waals surface area contributed by atoms with E-state index < -0.39 is 32.6 Å². The van der Waals surface area contributed by atoms with Crippen molar-refractivity contribution in [1.29, 1.82) is 0 Å². The zero-order chi connectivity index (χ0) is 55.3. The Balaban J connectivity index is 1.22. The number of ketones is 2. The summed E-state index contributed by atoms with van der Waals surface area (Å²) in [5.74, 6) is 3.93. The molecular weight excluding hydrogens is 1030 g/mol. The Morgan fingerprint density at radius 3 is 2.12 bits per heavy atom. The molecule has 0 aliphatic carbocycles. The van der Waals surface area contributed by atoms with Gasteiger partial charge in [-0.2, -0.15) is 0 Å². The second-order valence-electron chi connectivity index (χ2n) is 20.6. The van der Waals surface area contributed by atoms with E-state index in [1.165, 1.54) is 0 Å². The molecule has 0 radical (unpaired) electrons. The van der Waals surface area contributed by atoms with Gasteiger partial charge in [-0.3, -0.25) is 19.0 Å². The van der Waals surface area contributed by atoms with Gasteiger partial charge in [-0.1, -0.05) is 108 Å². The average Bonchev–Trinajstić information content (AvgIpc) is 4.09. The maximum Gasteiger partial charge on any atom is 0.259 e. The van der Waals surface area contributed by atoms with Crippen molar-refractivity contribution in [3.63, 3.8) is 0 Å². The Hall–Kier alpha value is -5.34. The summed E-state index contributed by atoms with van der Waals surface area (Å²) in [4.78, 5) is 49.4. The van der Waals surface area contributed by atoms with Crippen molar-refractivity contribution in [2.75, 3.05) is 27.4 Å². The molecule has 4 unspecified atom stereocenters. The molecule has 1 aromatic heterocycles. The van der Waals surface area contributed by atoms with Crippen LogP contribution >= 0.6 is 30.1 Å². The number of hydrogen-bond donors (Lipinski definition) is 1. The van der Waals surface area contributed by atoms with Gasteiger partial charge in [-0.15, -0.1) is 12.3 Å². The predicted molar refractivity (Wildman–Crippen MR) is 308 cm³/mol. The molecule has 1 saturated heterocycles. The highest BCUT2D eigenvalue weighted by atomic mass is 33.1. The number of amidine groups is 1. The highest BCUT2D eigenvalue weighted by molar-refractivity contribution is 8.77. The van der Waals surface area contributed by atoms with Crippen molar-refractivity contribution >= 4 is 59.2 Å². The van der Waals surface area contributed by atoms with Gasteiger partial charge in [0, 0.05) is 53.3 Å². The Labute approximate surface area is 464 Å². The molecule has 4 atom stereocenters. The van der Waals surface area contributed by atoms with Gasteiger partial charge in [0.1, 0.15) is 41.1 Å². The first-order chi connectivity index (χ1) is 37.0. The van der Waals surface area contributed by atoms with E-state index in [9.17, 15) is 14.4 Å². The van der Waals surface area contributed by atoms with Crippen LogP contribution < -0.4 is 14.8 Å². The van der Waals surface area contributed by atoms with Crippen molar-refractivity contribution in [1.82, 2.24) is 19.5 Å². The third-order valence-corrected chi connectivity index (χ3v) is 19.1. The molecule has 1 fully saturated rings. The molecule has 4 aromatic carbocycles. The largest absolute Gasteiger partial charge is 0.497 e. The minimum absolute atomic E-state index is 0.0465. The number of ether oxygens (including phenoxy) is 4. The molecule has 7 rings (SSSR count). The van der Waals surface area contributed by atoms with Crippen LogP contribution in [0.15, 0.2) is 119 Å². The number of aliphatic imine (C=N–C) groups is 1. The van der Waals surface area contributed by atoms with Crippen LogP contribution in [0.1, 0.15) is 133 Å². The van der Waals surface area contributed by atoms with Crippen LogP contribution in [0.4, 0.5) is 5.82 Å². The number of Topliss-reactive ketones (excluding diaryl/α,β-unsaturated/α-hetero) is 2. The molecule has 1 N–H and O–H groups in total. The summed E-state index contributed by atoms with van der Waals surface area (Å²) < 4.78 is 44.1. The zero-order valence-electron chi connectivity index (χ0n) is 46.0. The molecule has 14 nitrogen and oxygen atoms in total. The summed E-state index contributed by atoms with van der Waals surface area (Å²) in [6.45, 7) is 16.9. The lowest BCUT2D eigenvalue weighted by Gasteiger charge is -2.39. The second-order valence-corrected chi connectivity index (χ2v) is 24.9. The average molecular weight is 1100 g/mol. The summed E-state index contributed by atoms with van der Waals surface area (Å²) in [5.41, 5.74) is 2.79. The standard InChI is InChI=1S/C60H74N5O9PS2/c1-12-13-22-47(66)32-34-59(8,9)77-76-53-23-18-17-19-43(53)33-35-72-75(65(41(4)5)42(6)7)74-51-37-55(64-39-61-56-50(67)36-54(62-57(56)64)63-58(68)40(2)3)73-52(51)38-71-60(44-20-15-14-16-21-44,45-24-28-48(69-10)29-25-45)46-26-30-49(70-11)31-27-46/h1,14-21,23-31,39-42,51-52,55H,13,22,32-38H2,2-11H3,(H,62,63,68). The number of imidazole rings is 1. The minimum Gasteiger partial charge on any atom is -0.497 e. The smallest absolute Gasteiger partial charge is 0.259 e. The van der Waals surface area contributed by atoms with E-state index in [0.717, 1.165) is 33.6 Å². The van der Waals surface area contributed by atoms with Gasteiger partial charge in [0.25, 0.3) is 8.53 Å². The number of nitrogens with zero attached hydrogens (tertiary/aromatic N) is 4. The normalized spacial score (nSPS) is 17.1. The number of carbonyl (C=O) groups is 3. The van der Waals surface area contributed by atoms with E-state index in [0.29, 0.717) is 56.0 Å². The minimum atomic E-state index is -1.73. The van der Waals surface area contributed by atoms with Crippen molar-refractivity contribution in [3.8, 4) is 23.8 Å². The monoisotopic (exact) mass is 1100 g/mol. The Bertz CT molecular complexity index is 2780. The fraction of sp³-hybridized carbons (Fsp3) is 0.450.